The van der Waals surface area contributed by atoms with Gasteiger partial charge in [0.15, 0.2) is 0 Å². The molecule has 4 bridgehead atoms. The molecule has 1 aliphatic rings. The first-order valence-corrected chi connectivity index (χ1v) is 14.5. The molecule has 5 nitrogen and oxygen atoms in total. The first-order valence-electron chi connectivity index (χ1n) is 12.8. The van der Waals surface area contributed by atoms with E-state index in [1.54, 1.807) is 0 Å². The van der Waals surface area contributed by atoms with Gasteiger partial charge in [-0.05, 0) is 65.0 Å². The van der Waals surface area contributed by atoms with Crippen LogP contribution in [0, 0.1) is 0 Å². The van der Waals surface area contributed by atoms with E-state index in [1.165, 1.54) is 22.0 Å². The number of nitrogens with zero attached hydrogens (tertiary/aromatic N) is 2. The summed E-state index contributed by atoms with van der Waals surface area (Å²) in [7, 11) is -0.812. The van der Waals surface area contributed by atoms with Crippen molar-refractivity contribution in [3.05, 3.63) is 71.3 Å². The van der Waals surface area contributed by atoms with Crippen molar-refractivity contribution in [2.75, 3.05) is 0 Å². The fourth-order valence-corrected chi connectivity index (χ4v) is 7.45. The van der Waals surface area contributed by atoms with Gasteiger partial charge in [-0.2, -0.15) is 0 Å². The number of hydrogen-bond donors (Lipinski definition) is 2. The molecular weight excluding hydrogens is 453 g/mol. The van der Waals surface area contributed by atoms with Crippen molar-refractivity contribution < 1.29 is 5.11 Å². The zero-order valence-corrected chi connectivity index (χ0v) is 21.1. The molecule has 1 aliphatic heterocycles. The largest absolute Gasteiger partial charge is 0.393 e. The molecule has 6 rings (SSSR count). The summed E-state index contributed by atoms with van der Waals surface area (Å²) in [5.41, 5.74) is 5.44. The number of H-pyrrole nitrogens is 1. The molecule has 0 amide bonds. The van der Waals surface area contributed by atoms with Gasteiger partial charge in [0.1, 0.15) is 0 Å². The maximum absolute atomic E-state index is 13.4. The Labute approximate surface area is 206 Å². The van der Waals surface area contributed by atoms with Crippen LogP contribution in [0.2, 0.25) is 0 Å². The molecule has 2 atom stereocenters. The van der Waals surface area contributed by atoms with Crippen LogP contribution in [-0.2, 0) is 19.8 Å². The van der Waals surface area contributed by atoms with E-state index in [2.05, 4.69) is 81.5 Å². The predicted octanol–water partition coefficient (Wildman–Crippen LogP) is 6.86. The highest BCUT2D eigenvalue weighted by Gasteiger charge is 2.24. The topological polar surface area (TPSA) is 62.9 Å². The lowest BCUT2D eigenvalue weighted by atomic mass is 10.0. The fraction of sp³-hybridized carbons (Fsp3) is 0.345. The Morgan fingerprint density at radius 1 is 0.829 bits per heavy atom. The second-order valence-corrected chi connectivity index (χ2v) is 11.7. The van der Waals surface area contributed by atoms with E-state index in [1.807, 2.05) is 0 Å². The fourth-order valence-electron chi connectivity index (χ4n) is 5.82. The third-order valence-electron chi connectivity index (χ3n) is 7.54. The van der Waals surface area contributed by atoms with E-state index < -0.39 is 7.69 Å². The minimum atomic E-state index is -0.812. The summed E-state index contributed by atoms with van der Waals surface area (Å²) in [6.07, 6.45) is 9.99. The Hall–Kier alpha value is -3.01. The van der Waals surface area contributed by atoms with Gasteiger partial charge >= 0.3 is 0 Å². The van der Waals surface area contributed by atoms with Gasteiger partial charge < -0.3 is 19.0 Å². The van der Waals surface area contributed by atoms with Crippen molar-refractivity contribution in [3.8, 4) is 22.0 Å². The Balaban J connectivity index is 1.60. The van der Waals surface area contributed by atoms with Crippen molar-refractivity contribution in [2.45, 2.75) is 57.7 Å². The first kappa shape index (κ1) is 22.5. The molecule has 0 aliphatic carbocycles. The van der Waals surface area contributed by atoms with Crippen LogP contribution in [0.3, 0.4) is 0 Å². The maximum Gasteiger partial charge on any atom is 0.259 e. The number of aryl methyl sites for hydroxylation is 3. The van der Waals surface area contributed by atoms with Crippen LogP contribution in [-0.4, -0.2) is 25.1 Å². The molecule has 0 saturated carbocycles. The number of rotatable bonds is 0. The average Bonchev–Trinajstić information content (AvgIpc) is 3.50. The minimum absolute atomic E-state index is 0.0365. The van der Waals surface area contributed by atoms with Crippen LogP contribution in [0.4, 0.5) is 0 Å². The molecule has 6 heteroatoms. The molecule has 2 unspecified atom stereocenters. The summed E-state index contributed by atoms with van der Waals surface area (Å²) in [4.78, 5) is 13.4. The summed E-state index contributed by atoms with van der Waals surface area (Å²) < 4.78 is 7.92. The third-order valence-corrected chi connectivity index (χ3v) is 9.22. The summed E-state index contributed by atoms with van der Waals surface area (Å²) >= 11 is 0. The van der Waals surface area contributed by atoms with E-state index in [-0.39, 0.29) is 11.7 Å². The third kappa shape index (κ3) is 3.97. The number of nitrogens with one attached hydrogen (secondary N) is 1. The van der Waals surface area contributed by atoms with Crippen LogP contribution in [0.15, 0.2) is 65.7 Å². The van der Waals surface area contributed by atoms with Crippen molar-refractivity contribution in [1.29, 1.82) is 0 Å². The van der Waals surface area contributed by atoms with Gasteiger partial charge in [-0.15, -0.1) is 0 Å². The number of aliphatic hydroxyl groups is 1. The highest BCUT2D eigenvalue weighted by atomic mass is 31.1. The normalized spacial score (nSPS) is 18.0. The van der Waals surface area contributed by atoms with Gasteiger partial charge in [-0.1, -0.05) is 36.4 Å². The van der Waals surface area contributed by atoms with E-state index >= 15 is 0 Å². The highest BCUT2D eigenvalue weighted by molar-refractivity contribution is 7.47. The number of benzene rings is 2. The highest BCUT2D eigenvalue weighted by Crippen LogP contribution is 2.47. The smallest absolute Gasteiger partial charge is 0.259 e. The summed E-state index contributed by atoms with van der Waals surface area (Å²) in [6, 6.07) is 17.0. The number of para-hydroxylation sites is 2. The molecule has 5 aromatic rings. The second-order valence-electron chi connectivity index (χ2n) is 9.88. The standard InChI is InChI=1S/C29H32N3O2P/c1-35-28-24-19-32(26-15-5-3-13-22(24)26)17-9-7-11-20(33)10-6-8-16-31-18-23(27(28)29(34)30-35)21-12-2-4-14-25(21)31/h2-5,12-15,18-20,33H,6-11,16-17H2,1H3,(H,30,34). The van der Waals surface area contributed by atoms with Gasteiger partial charge in [-0.3, -0.25) is 4.79 Å². The SMILES string of the molecule is Cp1[nH]c(=O)c2c1-c1cn(c3ccccc13)CCCCC(O)CCCCn1cc-2c2ccccc21. The van der Waals surface area contributed by atoms with E-state index in [9.17, 15) is 9.90 Å². The lowest BCUT2D eigenvalue weighted by Gasteiger charge is -2.11. The molecule has 180 valence electrons. The van der Waals surface area contributed by atoms with Crippen molar-refractivity contribution in [1.82, 2.24) is 13.9 Å². The quantitative estimate of drug-likeness (QED) is 0.252. The van der Waals surface area contributed by atoms with E-state index in [0.29, 0.717) is 0 Å². The summed E-state index contributed by atoms with van der Waals surface area (Å²) in [5, 5.41) is 14.0. The molecule has 35 heavy (non-hydrogen) atoms. The molecule has 0 fully saturated rings. The van der Waals surface area contributed by atoms with Crippen LogP contribution in [0.1, 0.15) is 38.5 Å². The number of hydrogen-bond acceptors (Lipinski definition) is 2. The molecule has 0 spiro atoms. The van der Waals surface area contributed by atoms with E-state index in [4.69, 9.17) is 0 Å². The summed E-state index contributed by atoms with van der Waals surface area (Å²) in [6.45, 7) is 3.96. The second kappa shape index (κ2) is 9.22. The first-order chi connectivity index (χ1) is 17.1. The summed E-state index contributed by atoms with van der Waals surface area (Å²) in [5.74, 6) is 0. The molecule has 3 aromatic heterocycles. The van der Waals surface area contributed by atoms with Crippen molar-refractivity contribution in [2.24, 2.45) is 6.66 Å². The molecule has 2 N–H and O–H groups in total. The van der Waals surface area contributed by atoms with Crippen molar-refractivity contribution >= 4 is 29.5 Å². The van der Waals surface area contributed by atoms with Gasteiger partial charge in [0.25, 0.3) is 5.56 Å². The van der Waals surface area contributed by atoms with Gasteiger partial charge in [-0.25, -0.2) is 0 Å². The molecular formula is C29H32N3O2P. The Morgan fingerprint density at radius 2 is 1.37 bits per heavy atom. The monoisotopic (exact) mass is 485 g/mol. The molecule has 4 heterocycles. The lowest BCUT2D eigenvalue weighted by molar-refractivity contribution is 0.147. The van der Waals surface area contributed by atoms with E-state index in [0.717, 1.165) is 73.4 Å². The zero-order chi connectivity index (χ0) is 23.9. The number of aromatic amines is 1. The Bertz CT molecular complexity index is 1570. The predicted molar refractivity (Wildman–Crippen MR) is 146 cm³/mol. The van der Waals surface area contributed by atoms with Crippen LogP contribution >= 0.6 is 7.69 Å². The minimum Gasteiger partial charge on any atom is -0.393 e. The average molecular weight is 486 g/mol. The molecule has 2 aromatic carbocycles. The molecule has 0 saturated heterocycles. The maximum atomic E-state index is 13.4. The van der Waals surface area contributed by atoms with Gasteiger partial charge in [0.2, 0.25) is 0 Å². The van der Waals surface area contributed by atoms with Gasteiger partial charge in [0, 0.05) is 63.7 Å². The van der Waals surface area contributed by atoms with Crippen LogP contribution in [0.25, 0.3) is 43.8 Å². The van der Waals surface area contributed by atoms with Crippen LogP contribution < -0.4 is 5.56 Å². The Morgan fingerprint density at radius 3 is 2.00 bits per heavy atom. The Kier molecular flexibility index (Phi) is 5.91. The lowest BCUT2D eigenvalue weighted by Crippen LogP contribution is -2.08. The number of fused-ring (bicyclic) bond motifs is 13. The van der Waals surface area contributed by atoms with Crippen molar-refractivity contribution in [3.63, 3.8) is 0 Å². The zero-order valence-electron chi connectivity index (χ0n) is 20.2. The number of aliphatic hydroxyl groups excluding tert-OH is 1. The van der Waals surface area contributed by atoms with Gasteiger partial charge in [0.05, 0.1) is 11.7 Å². The number of aromatic nitrogens is 3. The molecule has 0 radical (unpaired) electrons. The van der Waals surface area contributed by atoms with Crippen LogP contribution in [0.5, 0.6) is 0 Å².